The highest BCUT2D eigenvalue weighted by molar-refractivity contribution is 7.94. The minimum Gasteiger partial charge on any atom is -0.354 e. The van der Waals surface area contributed by atoms with E-state index in [0.717, 1.165) is 37.6 Å². The largest absolute Gasteiger partial charge is 0.354 e. The molecule has 2 aliphatic heterocycles. The van der Waals surface area contributed by atoms with Crippen LogP contribution >= 0.6 is 11.6 Å². The first kappa shape index (κ1) is 19.3. The fourth-order valence-electron chi connectivity index (χ4n) is 3.62. The van der Waals surface area contributed by atoms with Gasteiger partial charge in [0.1, 0.15) is 11.6 Å². The zero-order valence-corrected chi connectivity index (χ0v) is 17.6. The van der Waals surface area contributed by atoms with Crippen LogP contribution in [0.1, 0.15) is 5.56 Å². The zero-order chi connectivity index (χ0) is 19.9. The summed E-state index contributed by atoms with van der Waals surface area (Å²) >= 11 is 5.93. The van der Waals surface area contributed by atoms with Gasteiger partial charge in [-0.15, -0.1) is 0 Å². The molecule has 9 heteroatoms. The van der Waals surface area contributed by atoms with Crippen LogP contribution in [0.15, 0.2) is 36.4 Å². The van der Waals surface area contributed by atoms with Crippen molar-refractivity contribution in [2.24, 2.45) is 0 Å². The van der Waals surface area contributed by atoms with Crippen LogP contribution in [0.4, 0.5) is 17.3 Å². The van der Waals surface area contributed by atoms with Crippen molar-refractivity contribution in [1.82, 2.24) is 9.88 Å². The van der Waals surface area contributed by atoms with Crippen molar-refractivity contribution in [3.63, 3.8) is 0 Å². The maximum Gasteiger partial charge on any atom is 0.327 e. The topological polar surface area (TPSA) is 60.0 Å². The van der Waals surface area contributed by atoms with E-state index in [-0.39, 0.29) is 0 Å². The highest BCUT2D eigenvalue weighted by atomic mass is 35.5. The lowest BCUT2D eigenvalue weighted by atomic mass is 10.2. The fourth-order valence-corrected chi connectivity index (χ4v) is 5.33. The molecule has 0 atom stereocenters. The summed E-state index contributed by atoms with van der Waals surface area (Å²) < 4.78 is 29.1. The number of halogens is 1. The van der Waals surface area contributed by atoms with Crippen LogP contribution in [0.5, 0.6) is 0 Å². The van der Waals surface area contributed by atoms with Crippen molar-refractivity contribution in [1.29, 1.82) is 0 Å². The van der Waals surface area contributed by atoms with Gasteiger partial charge >= 0.3 is 10.2 Å². The van der Waals surface area contributed by atoms with Gasteiger partial charge in [0.25, 0.3) is 0 Å². The smallest absolute Gasteiger partial charge is 0.327 e. The highest BCUT2D eigenvalue weighted by Crippen LogP contribution is 2.31. The van der Waals surface area contributed by atoms with Gasteiger partial charge in [-0.1, -0.05) is 17.7 Å². The van der Waals surface area contributed by atoms with Crippen LogP contribution in [0.3, 0.4) is 0 Å². The molecule has 0 N–H and O–H groups in total. The molecule has 150 valence electrons. The van der Waals surface area contributed by atoms with Crippen LogP contribution in [0, 0.1) is 6.92 Å². The molecule has 1 aromatic carbocycles. The van der Waals surface area contributed by atoms with Crippen molar-refractivity contribution in [2.75, 3.05) is 59.8 Å². The maximum atomic E-state index is 13.2. The van der Waals surface area contributed by atoms with E-state index in [2.05, 4.69) is 16.8 Å². The quantitative estimate of drug-likeness (QED) is 0.761. The Morgan fingerprint density at radius 3 is 2.21 bits per heavy atom. The van der Waals surface area contributed by atoms with E-state index >= 15 is 0 Å². The van der Waals surface area contributed by atoms with Crippen molar-refractivity contribution >= 4 is 39.1 Å². The zero-order valence-electron chi connectivity index (χ0n) is 16.0. The van der Waals surface area contributed by atoms with Gasteiger partial charge in [-0.05, 0) is 49.9 Å². The van der Waals surface area contributed by atoms with E-state index in [0.29, 0.717) is 29.6 Å². The number of pyridine rings is 1. The second-order valence-corrected chi connectivity index (χ2v) is 9.44. The molecule has 3 heterocycles. The molecular weight excluding hydrogens is 398 g/mol. The lowest BCUT2D eigenvalue weighted by molar-refractivity contribution is 0.312. The second kappa shape index (κ2) is 7.42. The molecule has 1 aromatic heterocycles. The predicted molar refractivity (Wildman–Crippen MR) is 114 cm³/mol. The molecule has 0 bridgehead atoms. The Bertz CT molecular complexity index is 959. The first-order chi connectivity index (χ1) is 13.4. The van der Waals surface area contributed by atoms with Crippen LogP contribution in [-0.4, -0.2) is 64.6 Å². The first-order valence-corrected chi connectivity index (χ1v) is 11.1. The molecule has 7 nitrogen and oxygen atoms in total. The summed E-state index contributed by atoms with van der Waals surface area (Å²) in [6.45, 7) is 6.47. The number of aromatic nitrogens is 1. The second-order valence-electron chi connectivity index (χ2n) is 7.23. The number of hydrogen-bond donors (Lipinski definition) is 0. The summed E-state index contributed by atoms with van der Waals surface area (Å²) in [5.41, 5.74) is 1.66. The molecule has 0 unspecified atom stereocenters. The molecule has 2 aromatic rings. The molecule has 2 aliphatic rings. The van der Waals surface area contributed by atoms with E-state index in [1.54, 1.807) is 30.3 Å². The van der Waals surface area contributed by atoms with E-state index in [4.69, 9.17) is 16.6 Å². The van der Waals surface area contributed by atoms with Crippen LogP contribution in [-0.2, 0) is 10.2 Å². The Morgan fingerprint density at radius 1 is 0.893 bits per heavy atom. The van der Waals surface area contributed by atoms with Gasteiger partial charge in [0.05, 0.1) is 18.8 Å². The monoisotopic (exact) mass is 421 g/mol. The molecular formula is C19H24ClN5O2S. The van der Waals surface area contributed by atoms with Gasteiger partial charge in [-0.25, -0.2) is 9.29 Å². The summed E-state index contributed by atoms with van der Waals surface area (Å²) in [5, 5.41) is 0.578. The standard InChI is InChI=1S/C19H24ClN5O2S/c1-15-3-8-18(21-19(15)23-11-9-22(2)10-12-23)25-14-13-24(28(25,26)27)17-6-4-16(20)5-7-17/h3-8H,9-14H2,1-2H3. The van der Waals surface area contributed by atoms with E-state index in [1.807, 2.05) is 13.0 Å². The van der Waals surface area contributed by atoms with Gasteiger partial charge in [0.2, 0.25) is 0 Å². The maximum absolute atomic E-state index is 13.2. The number of hydrogen-bond acceptors (Lipinski definition) is 5. The van der Waals surface area contributed by atoms with E-state index < -0.39 is 10.2 Å². The SMILES string of the molecule is Cc1ccc(N2CCN(c3ccc(Cl)cc3)S2(=O)=O)nc1N1CCN(C)CC1. The van der Waals surface area contributed by atoms with E-state index in [1.165, 1.54) is 8.61 Å². The minimum absolute atomic E-state index is 0.364. The van der Waals surface area contributed by atoms with Gasteiger partial charge in [-0.2, -0.15) is 8.42 Å². The normalized spacial score (nSPS) is 20.0. The molecule has 0 radical (unpaired) electrons. The average Bonchev–Trinajstić information content (AvgIpc) is 2.98. The molecule has 2 fully saturated rings. The summed E-state index contributed by atoms with van der Waals surface area (Å²) in [7, 11) is -1.57. The molecule has 4 rings (SSSR count). The third-order valence-electron chi connectivity index (χ3n) is 5.29. The van der Waals surface area contributed by atoms with Gasteiger partial charge < -0.3 is 9.80 Å². The summed E-state index contributed by atoms with van der Waals surface area (Å²) in [5.74, 6) is 1.33. The summed E-state index contributed by atoms with van der Waals surface area (Å²) in [6, 6.07) is 10.6. The molecule has 28 heavy (non-hydrogen) atoms. The van der Waals surface area contributed by atoms with Gasteiger partial charge in [0, 0.05) is 31.2 Å². The summed E-state index contributed by atoms with van der Waals surface area (Å²) in [4.78, 5) is 9.26. The van der Waals surface area contributed by atoms with Gasteiger partial charge in [0.15, 0.2) is 0 Å². The lowest BCUT2D eigenvalue weighted by Crippen LogP contribution is -2.45. The van der Waals surface area contributed by atoms with Crippen LogP contribution < -0.4 is 13.5 Å². The van der Waals surface area contributed by atoms with Crippen LogP contribution in [0.2, 0.25) is 5.02 Å². The highest BCUT2D eigenvalue weighted by Gasteiger charge is 2.38. The summed E-state index contributed by atoms with van der Waals surface area (Å²) in [6.07, 6.45) is 0. The molecule has 0 aliphatic carbocycles. The Hall–Kier alpha value is -2.03. The number of nitrogens with zero attached hydrogens (tertiary/aromatic N) is 5. The molecule has 2 saturated heterocycles. The lowest BCUT2D eigenvalue weighted by Gasteiger charge is -2.34. The molecule has 0 spiro atoms. The number of piperazine rings is 1. The van der Waals surface area contributed by atoms with Gasteiger partial charge in [-0.3, -0.25) is 4.31 Å². The van der Waals surface area contributed by atoms with Crippen molar-refractivity contribution in [3.8, 4) is 0 Å². The Labute approximate surface area is 171 Å². The van der Waals surface area contributed by atoms with E-state index in [9.17, 15) is 8.42 Å². The van der Waals surface area contributed by atoms with Crippen molar-refractivity contribution < 1.29 is 8.42 Å². The number of aryl methyl sites for hydroxylation is 1. The number of likely N-dealkylation sites (N-methyl/N-ethyl adjacent to an activating group) is 1. The number of benzene rings is 1. The Balaban J connectivity index is 1.62. The predicted octanol–water partition coefficient (Wildman–Crippen LogP) is 2.37. The Kier molecular flexibility index (Phi) is 5.11. The third kappa shape index (κ3) is 3.52. The first-order valence-electron chi connectivity index (χ1n) is 9.33. The third-order valence-corrected chi connectivity index (χ3v) is 7.42. The van der Waals surface area contributed by atoms with Crippen molar-refractivity contribution in [3.05, 3.63) is 47.0 Å². The fraction of sp³-hybridized carbons (Fsp3) is 0.421. The number of anilines is 3. The molecule has 0 amide bonds. The average molecular weight is 422 g/mol. The van der Waals surface area contributed by atoms with Crippen molar-refractivity contribution in [2.45, 2.75) is 6.92 Å². The number of rotatable bonds is 3. The minimum atomic E-state index is -3.68. The molecule has 0 saturated carbocycles. The van der Waals surface area contributed by atoms with Crippen LogP contribution in [0.25, 0.3) is 0 Å². The Morgan fingerprint density at radius 2 is 1.54 bits per heavy atom.